The fourth-order valence-electron chi connectivity index (χ4n) is 2.08. The van der Waals surface area contributed by atoms with Crippen LogP contribution in [0.25, 0.3) is 0 Å². The van der Waals surface area contributed by atoms with Crippen LogP contribution in [0.1, 0.15) is 22.8 Å². The van der Waals surface area contributed by atoms with Gasteiger partial charge in [-0.25, -0.2) is 0 Å². The fourth-order valence-corrected chi connectivity index (χ4v) is 2.65. The maximum absolute atomic E-state index is 12.5. The van der Waals surface area contributed by atoms with Crippen LogP contribution >= 0.6 is 23.2 Å². The first-order valence-corrected chi connectivity index (χ1v) is 7.24. The number of methoxy groups -OCH3 is 1. The Labute approximate surface area is 133 Å². The highest BCUT2D eigenvalue weighted by atomic mass is 35.5. The first-order chi connectivity index (χ1) is 10.1. The number of benzene rings is 2. The van der Waals surface area contributed by atoms with Gasteiger partial charge in [0.1, 0.15) is 5.75 Å². The third kappa shape index (κ3) is 3.49. The van der Waals surface area contributed by atoms with Crippen molar-refractivity contribution in [2.45, 2.75) is 13.3 Å². The van der Waals surface area contributed by atoms with Crippen LogP contribution in [0.4, 0.5) is 5.69 Å². The lowest BCUT2D eigenvalue weighted by Crippen LogP contribution is -2.14. The third-order valence-corrected chi connectivity index (χ3v) is 3.60. The Morgan fingerprint density at radius 3 is 2.62 bits per heavy atom. The van der Waals surface area contributed by atoms with Crippen molar-refractivity contribution in [2.75, 3.05) is 12.4 Å². The molecule has 0 aromatic heterocycles. The number of hydrogen-bond acceptors (Lipinski definition) is 2. The van der Waals surface area contributed by atoms with Crippen LogP contribution in [-0.4, -0.2) is 13.0 Å². The molecule has 1 amide bonds. The van der Waals surface area contributed by atoms with E-state index in [9.17, 15) is 4.79 Å². The lowest BCUT2D eigenvalue weighted by molar-refractivity contribution is 0.102. The lowest BCUT2D eigenvalue weighted by atomic mass is 10.1. The molecule has 2 rings (SSSR count). The zero-order valence-corrected chi connectivity index (χ0v) is 13.3. The van der Waals surface area contributed by atoms with E-state index in [0.29, 0.717) is 21.4 Å². The normalized spacial score (nSPS) is 10.3. The van der Waals surface area contributed by atoms with Gasteiger partial charge in [0.2, 0.25) is 0 Å². The van der Waals surface area contributed by atoms with Crippen molar-refractivity contribution in [1.29, 1.82) is 0 Å². The zero-order valence-electron chi connectivity index (χ0n) is 11.7. The average Bonchev–Trinajstić information content (AvgIpc) is 2.47. The Balaban J connectivity index is 2.37. The van der Waals surface area contributed by atoms with Gasteiger partial charge in [-0.15, -0.1) is 0 Å². The number of aryl methyl sites for hydroxylation is 1. The molecule has 0 atom stereocenters. The van der Waals surface area contributed by atoms with Crippen LogP contribution in [-0.2, 0) is 6.42 Å². The molecular weight excluding hydrogens is 309 g/mol. The van der Waals surface area contributed by atoms with Crippen LogP contribution in [0.2, 0.25) is 10.0 Å². The van der Waals surface area contributed by atoms with Gasteiger partial charge in [0, 0.05) is 10.7 Å². The molecule has 0 aliphatic heterocycles. The van der Waals surface area contributed by atoms with Crippen molar-refractivity contribution >= 4 is 34.8 Å². The molecule has 0 spiro atoms. The molecule has 0 saturated heterocycles. The molecule has 0 radical (unpaired) electrons. The molecule has 3 nitrogen and oxygen atoms in total. The first-order valence-electron chi connectivity index (χ1n) is 6.49. The molecule has 2 aromatic carbocycles. The summed E-state index contributed by atoms with van der Waals surface area (Å²) >= 11 is 12.0. The van der Waals surface area contributed by atoms with Crippen LogP contribution in [0, 0.1) is 0 Å². The zero-order chi connectivity index (χ0) is 15.4. The van der Waals surface area contributed by atoms with Crippen LogP contribution in [0.5, 0.6) is 5.75 Å². The summed E-state index contributed by atoms with van der Waals surface area (Å²) < 4.78 is 5.20. The standard InChI is InChI=1S/C16H15Cl2NO2/c1-3-10-6-4-5-7-14(10)19-16(20)12-8-11(17)9-13(18)15(12)21-2/h4-9H,3H2,1-2H3,(H,19,20). The van der Waals surface area contributed by atoms with E-state index in [1.807, 2.05) is 31.2 Å². The molecule has 0 bridgehead atoms. The lowest BCUT2D eigenvalue weighted by Gasteiger charge is -2.13. The Kier molecular flexibility index (Phi) is 5.10. The molecule has 110 valence electrons. The summed E-state index contributed by atoms with van der Waals surface area (Å²) in [6.07, 6.45) is 0.823. The van der Waals surface area contributed by atoms with Crippen molar-refractivity contribution in [3.05, 3.63) is 57.6 Å². The number of amides is 1. The van der Waals surface area contributed by atoms with Crippen molar-refractivity contribution in [3.63, 3.8) is 0 Å². The highest BCUT2D eigenvalue weighted by Crippen LogP contribution is 2.32. The van der Waals surface area contributed by atoms with Gasteiger partial charge in [-0.3, -0.25) is 4.79 Å². The average molecular weight is 324 g/mol. The summed E-state index contributed by atoms with van der Waals surface area (Å²) in [6, 6.07) is 10.7. The second-order valence-electron chi connectivity index (χ2n) is 4.43. The van der Waals surface area contributed by atoms with Gasteiger partial charge in [-0.05, 0) is 30.2 Å². The van der Waals surface area contributed by atoms with Crippen LogP contribution in [0.15, 0.2) is 36.4 Å². The largest absolute Gasteiger partial charge is 0.494 e. The third-order valence-electron chi connectivity index (χ3n) is 3.10. The van der Waals surface area contributed by atoms with Gasteiger partial charge < -0.3 is 10.1 Å². The molecule has 0 aliphatic carbocycles. The minimum atomic E-state index is -0.308. The number of carbonyl (C=O) groups excluding carboxylic acids is 1. The molecule has 2 aromatic rings. The maximum Gasteiger partial charge on any atom is 0.259 e. The van der Waals surface area contributed by atoms with E-state index in [-0.39, 0.29) is 5.91 Å². The van der Waals surface area contributed by atoms with E-state index in [4.69, 9.17) is 27.9 Å². The van der Waals surface area contributed by atoms with Crippen molar-refractivity contribution < 1.29 is 9.53 Å². The molecular formula is C16H15Cl2NO2. The van der Waals surface area contributed by atoms with E-state index in [1.54, 1.807) is 6.07 Å². The Hall–Kier alpha value is -1.71. The molecule has 0 fully saturated rings. The monoisotopic (exact) mass is 323 g/mol. The second kappa shape index (κ2) is 6.83. The highest BCUT2D eigenvalue weighted by molar-refractivity contribution is 6.36. The predicted molar refractivity (Wildman–Crippen MR) is 86.8 cm³/mol. The Morgan fingerprint density at radius 2 is 1.95 bits per heavy atom. The van der Waals surface area contributed by atoms with E-state index >= 15 is 0 Å². The highest BCUT2D eigenvalue weighted by Gasteiger charge is 2.17. The van der Waals surface area contributed by atoms with Crippen molar-refractivity contribution in [3.8, 4) is 5.75 Å². The number of nitrogens with one attached hydrogen (secondary N) is 1. The van der Waals surface area contributed by atoms with Gasteiger partial charge in [0.05, 0.1) is 17.7 Å². The number of ether oxygens (including phenoxy) is 1. The van der Waals surface area contributed by atoms with E-state index in [0.717, 1.165) is 17.7 Å². The van der Waals surface area contributed by atoms with E-state index in [1.165, 1.54) is 13.2 Å². The van der Waals surface area contributed by atoms with Crippen LogP contribution in [0.3, 0.4) is 0 Å². The molecule has 0 unspecified atom stereocenters. The fraction of sp³-hybridized carbons (Fsp3) is 0.188. The van der Waals surface area contributed by atoms with Crippen molar-refractivity contribution in [1.82, 2.24) is 0 Å². The van der Waals surface area contributed by atoms with E-state index in [2.05, 4.69) is 5.32 Å². The summed E-state index contributed by atoms with van der Waals surface area (Å²) in [5.41, 5.74) is 2.13. The summed E-state index contributed by atoms with van der Waals surface area (Å²) in [7, 11) is 1.46. The van der Waals surface area contributed by atoms with Gasteiger partial charge in [-0.1, -0.05) is 48.3 Å². The van der Waals surface area contributed by atoms with E-state index < -0.39 is 0 Å². The summed E-state index contributed by atoms with van der Waals surface area (Å²) in [4.78, 5) is 12.5. The van der Waals surface area contributed by atoms with Gasteiger partial charge >= 0.3 is 0 Å². The van der Waals surface area contributed by atoms with Crippen LogP contribution < -0.4 is 10.1 Å². The number of halogens is 2. The second-order valence-corrected chi connectivity index (χ2v) is 5.28. The van der Waals surface area contributed by atoms with Gasteiger partial charge in [0.25, 0.3) is 5.91 Å². The first kappa shape index (κ1) is 15.7. The Bertz CT molecular complexity index is 671. The topological polar surface area (TPSA) is 38.3 Å². The number of hydrogen-bond donors (Lipinski definition) is 1. The summed E-state index contributed by atoms with van der Waals surface area (Å²) in [5, 5.41) is 3.56. The number of carbonyl (C=O) groups is 1. The molecule has 21 heavy (non-hydrogen) atoms. The van der Waals surface area contributed by atoms with Gasteiger partial charge in [0.15, 0.2) is 0 Å². The number of rotatable bonds is 4. The molecule has 1 N–H and O–H groups in total. The number of para-hydroxylation sites is 1. The summed E-state index contributed by atoms with van der Waals surface area (Å²) in [6.45, 7) is 2.03. The minimum Gasteiger partial charge on any atom is -0.494 e. The predicted octanol–water partition coefficient (Wildman–Crippen LogP) is 4.82. The molecule has 5 heteroatoms. The van der Waals surface area contributed by atoms with Gasteiger partial charge in [-0.2, -0.15) is 0 Å². The molecule has 0 aliphatic rings. The summed E-state index contributed by atoms with van der Waals surface area (Å²) in [5.74, 6) is 0.00435. The maximum atomic E-state index is 12.5. The Morgan fingerprint density at radius 1 is 1.24 bits per heavy atom. The minimum absolute atomic E-state index is 0.305. The van der Waals surface area contributed by atoms with Crippen molar-refractivity contribution in [2.24, 2.45) is 0 Å². The molecule has 0 heterocycles. The smallest absolute Gasteiger partial charge is 0.259 e. The SMILES string of the molecule is CCc1ccccc1NC(=O)c1cc(Cl)cc(Cl)c1OC. The quantitative estimate of drug-likeness (QED) is 0.876. The molecule has 0 saturated carbocycles. The number of anilines is 1.